The summed E-state index contributed by atoms with van der Waals surface area (Å²) < 4.78 is 6.18. The van der Waals surface area contributed by atoms with Crippen LogP contribution >= 0.6 is 11.6 Å². The van der Waals surface area contributed by atoms with Crippen molar-refractivity contribution in [3.05, 3.63) is 70.7 Å². The number of piperidine rings is 1. The van der Waals surface area contributed by atoms with Crippen LogP contribution in [0.1, 0.15) is 146 Å². The third kappa shape index (κ3) is 24.6. The number of carbonyl (C=O) groups excluding carboxylic acids is 12. The molecule has 0 bridgehead atoms. The van der Waals surface area contributed by atoms with Crippen LogP contribution in [0, 0.1) is 23.7 Å². The topological polar surface area (TPSA) is 317 Å². The molecule has 0 radical (unpaired) electrons. The van der Waals surface area contributed by atoms with E-state index in [0.717, 1.165) is 31.6 Å². The lowest BCUT2D eigenvalue weighted by molar-refractivity contribution is -0.152. The van der Waals surface area contributed by atoms with Crippen molar-refractivity contribution in [1.29, 1.82) is 0 Å². The molecule has 12 amide bonds. The number of ether oxygens (including phenoxy) is 1. The van der Waals surface area contributed by atoms with Gasteiger partial charge in [-0.1, -0.05) is 109 Å². The number of aliphatic hydroxyl groups excluding tert-OH is 1. The van der Waals surface area contributed by atoms with Crippen molar-refractivity contribution in [3.8, 4) is 0 Å². The second kappa shape index (κ2) is 38.2. The minimum atomic E-state index is -1.68. The van der Waals surface area contributed by atoms with Crippen LogP contribution in [0.5, 0.6) is 0 Å². The maximum absolute atomic E-state index is 15.5. The van der Waals surface area contributed by atoms with Crippen molar-refractivity contribution < 1.29 is 67.4 Å². The van der Waals surface area contributed by atoms with Crippen molar-refractivity contribution in [2.45, 2.75) is 220 Å². The lowest BCUT2D eigenvalue weighted by Crippen LogP contribution is -2.62. The maximum Gasteiger partial charge on any atom is 0.248 e. The molecule has 2 aliphatic heterocycles. The van der Waals surface area contributed by atoms with Crippen LogP contribution in [0.2, 0.25) is 5.02 Å². The number of aryl methyl sites for hydroxylation is 1. The fourth-order valence-electron chi connectivity index (χ4n) is 12.1. The van der Waals surface area contributed by atoms with Crippen LogP contribution in [-0.2, 0) is 75.1 Å². The van der Waals surface area contributed by atoms with Crippen LogP contribution in [0.4, 0.5) is 0 Å². The predicted octanol–water partition coefficient (Wildman–Crippen LogP) is 3.57. The molecule has 0 spiro atoms. The highest BCUT2D eigenvalue weighted by molar-refractivity contribution is 6.30. The number of amides is 12. The van der Waals surface area contributed by atoms with E-state index in [9.17, 15) is 43.5 Å². The van der Waals surface area contributed by atoms with Crippen LogP contribution in [-0.4, -0.2) is 251 Å². The monoisotopic (exact) mass is 1400 g/mol. The Bertz CT molecular complexity index is 3100. The molecule has 6 N–H and O–H groups in total. The SMILES string of the molecule is CC(C)C[C@H]1C(=O)N[C@@H](COC(C)(C)C)C(=O)N(C)[C@@H](Cc2ccccc2)C(=O)N(C)[C@@H](C(C)C)C(=O)N[C@H](C(=O)N2CCCCC2)CC(=O)N[C@H](C(C)C)C(=O)N(C)[C@@H](C)C(=O)N[C@@H](CCc2ccc(Cl)cc2)C(=O)N(C)[C@@H](CC(C)C)C(=O)N[C@@H]([C@@H](C)O)C(=O)N(C)CC(=O)N1C. The van der Waals surface area contributed by atoms with Crippen LogP contribution in [0.15, 0.2) is 54.6 Å². The lowest BCUT2D eigenvalue weighted by Gasteiger charge is -2.38. The summed E-state index contributed by atoms with van der Waals surface area (Å²) in [6.07, 6.45) is 0.207. The Labute approximate surface area is 591 Å². The number of nitrogens with zero attached hydrogens (tertiary/aromatic N) is 7. The molecular formula is C72H113ClN12O14. The molecule has 0 aromatic heterocycles. The second-order valence-corrected chi connectivity index (χ2v) is 29.7. The zero-order chi connectivity index (χ0) is 74.7. The third-order valence-electron chi connectivity index (χ3n) is 18.3. The summed E-state index contributed by atoms with van der Waals surface area (Å²) >= 11 is 6.22. The number of benzene rings is 2. The Hall–Kier alpha value is -7.71. The van der Waals surface area contributed by atoms with Crippen LogP contribution in [0.3, 0.4) is 0 Å². The fourth-order valence-corrected chi connectivity index (χ4v) is 12.3. The molecule has 0 unspecified atom stereocenters. The maximum atomic E-state index is 15.5. The Kier molecular flexibility index (Phi) is 32.3. The van der Waals surface area contributed by atoms with Gasteiger partial charge in [0.15, 0.2) is 0 Å². The molecule has 552 valence electrons. The van der Waals surface area contributed by atoms with Gasteiger partial charge in [0.2, 0.25) is 70.9 Å². The molecule has 2 saturated heterocycles. The Balaban J connectivity index is 1.94. The Morgan fingerprint density at radius 1 is 0.566 bits per heavy atom. The van der Waals surface area contributed by atoms with E-state index in [1.165, 1.54) is 65.9 Å². The van der Waals surface area contributed by atoms with Crippen molar-refractivity contribution in [1.82, 2.24) is 60.9 Å². The van der Waals surface area contributed by atoms with Gasteiger partial charge in [-0.15, -0.1) is 0 Å². The lowest BCUT2D eigenvalue weighted by atomic mass is 9.97. The van der Waals surface area contributed by atoms with Crippen molar-refractivity contribution in [2.24, 2.45) is 23.7 Å². The first kappa shape index (κ1) is 83.7. The van der Waals surface area contributed by atoms with E-state index in [-0.39, 0.29) is 43.9 Å². The fraction of sp³-hybridized carbons (Fsp3) is 0.667. The minimum Gasteiger partial charge on any atom is -0.391 e. The molecule has 2 aliphatic rings. The zero-order valence-electron chi connectivity index (χ0n) is 61.8. The summed E-state index contributed by atoms with van der Waals surface area (Å²) in [6, 6.07) is 1.84. The highest BCUT2D eigenvalue weighted by atomic mass is 35.5. The van der Waals surface area contributed by atoms with E-state index in [4.69, 9.17) is 16.3 Å². The van der Waals surface area contributed by atoms with E-state index in [1.54, 1.807) is 108 Å². The number of rotatable bonds is 15. The molecule has 0 saturated carbocycles. The zero-order valence-corrected chi connectivity index (χ0v) is 62.6. The van der Waals surface area contributed by atoms with E-state index in [0.29, 0.717) is 36.5 Å². The summed E-state index contributed by atoms with van der Waals surface area (Å²) in [5.74, 6) is -10.8. The predicted molar refractivity (Wildman–Crippen MR) is 377 cm³/mol. The smallest absolute Gasteiger partial charge is 0.248 e. The molecule has 0 aliphatic carbocycles. The van der Waals surface area contributed by atoms with Gasteiger partial charge >= 0.3 is 0 Å². The third-order valence-corrected chi connectivity index (χ3v) is 18.5. The van der Waals surface area contributed by atoms with Gasteiger partial charge in [0.05, 0.1) is 31.3 Å². The first-order valence-electron chi connectivity index (χ1n) is 34.6. The van der Waals surface area contributed by atoms with Gasteiger partial charge in [-0.3, -0.25) is 57.5 Å². The molecule has 2 aromatic carbocycles. The first-order valence-corrected chi connectivity index (χ1v) is 35.0. The van der Waals surface area contributed by atoms with Gasteiger partial charge in [0.25, 0.3) is 0 Å². The number of nitrogens with one attached hydrogen (secondary N) is 5. The molecule has 2 fully saturated rings. The van der Waals surface area contributed by atoms with Crippen LogP contribution in [0.25, 0.3) is 0 Å². The van der Waals surface area contributed by atoms with E-state index < -0.39 is 174 Å². The van der Waals surface area contributed by atoms with Crippen molar-refractivity contribution in [2.75, 3.05) is 68.5 Å². The number of hydrogen-bond donors (Lipinski definition) is 6. The molecule has 2 heterocycles. The van der Waals surface area contributed by atoms with Crippen molar-refractivity contribution in [3.63, 3.8) is 0 Å². The summed E-state index contributed by atoms with van der Waals surface area (Å²) in [4.78, 5) is 186. The number of hydrogen-bond acceptors (Lipinski definition) is 14. The highest BCUT2D eigenvalue weighted by Crippen LogP contribution is 2.23. The summed E-state index contributed by atoms with van der Waals surface area (Å²) in [7, 11) is 8.18. The van der Waals surface area contributed by atoms with Crippen LogP contribution < -0.4 is 26.6 Å². The quantitative estimate of drug-likeness (QED) is 0.149. The number of halogens is 1. The molecule has 99 heavy (non-hydrogen) atoms. The summed E-state index contributed by atoms with van der Waals surface area (Å²) in [6.45, 7) is 21.6. The normalized spacial score (nSPS) is 25.3. The molecule has 11 atom stereocenters. The molecule has 2 aromatic rings. The number of likely N-dealkylation sites (tertiary alicyclic amines) is 1. The van der Waals surface area contributed by atoms with Gasteiger partial charge in [-0.2, -0.15) is 0 Å². The van der Waals surface area contributed by atoms with Gasteiger partial charge in [0, 0.05) is 66.8 Å². The molecule has 4 rings (SSSR count). The van der Waals surface area contributed by atoms with Gasteiger partial charge in [-0.05, 0) is 126 Å². The second-order valence-electron chi connectivity index (χ2n) is 29.2. The minimum absolute atomic E-state index is 0.0157. The molecule has 26 nitrogen and oxygen atoms in total. The average Bonchev–Trinajstić information content (AvgIpc) is 0.816. The van der Waals surface area contributed by atoms with Crippen molar-refractivity contribution >= 4 is 82.5 Å². The molecular weight excluding hydrogens is 1290 g/mol. The Morgan fingerprint density at radius 2 is 1.10 bits per heavy atom. The first-order chi connectivity index (χ1) is 46.2. The number of aliphatic hydroxyl groups is 1. The average molecular weight is 1410 g/mol. The number of likely N-dealkylation sites (N-methyl/N-ethyl adjacent to an activating group) is 6. The summed E-state index contributed by atoms with van der Waals surface area (Å²) in [5.41, 5.74) is 0.519. The largest absolute Gasteiger partial charge is 0.391 e. The Morgan fingerprint density at radius 3 is 1.64 bits per heavy atom. The highest BCUT2D eigenvalue weighted by Gasteiger charge is 2.44. The van der Waals surface area contributed by atoms with E-state index in [2.05, 4.69) is 26.6 Å². The standard InChI is InChI=1S/C72H113ClN12O14/c1-42(2)36-54-63(90)76-53(41-99-72(11,12)13)67(94)83(18)56(38-49-26-22-20-23-27-49)69(96)84(19)61(45(7)8)65(92)75-52(68(95)85-34-24-21-25-35-85)39-57(87)77-59(44(5)6)71(98)80(15)46(9)62(89)74-51(33-30-48-28-31-50(73)32-29-48)66(93)82(17)55(37-43(3)4)64(91)78-60(47(10)86)70(97)79(14)40-58(88)81(54)16/h20,22-23,26-29,31-32,42-47,51-56,59-61,86H,21,24-25,30,33-41H2,1-19H3,(H,74,89)(H,75,92)(H,76,90)(H,77,87)(H,78,91)/t46-,47+,51-,52-,53-,54-,55-,56-,59+,60-,61-/m0/s1. The molecule has 27 heteroatoms. The van der Waals surface area contributed by atoms with Gasteiger partial charge in [0.1, 0.15) is 60.4 Å². The number of carbonyl (C=O) groups is 12. The van der Waals surface area contributed by atoms with E-state index in [1.807, 2.05) is 27.7 Å². The van der Waals surface area contributed by atoms with E-state index >= 15 is 19.2 Å². The summed E-state index contributed by atoms with van der Waals surface area (Å²) in [5, 5.41) is 25.5. The van der Waals surface area contributed by atoms with Gasteiger partial charge in [-0.25, -0.2) is 0 Å². The van der Waals surface area contributed by atoms with Gasteiger partial charge < -0.3 is 70.7 Å².